The zero-order valence-electron chi connectivity index (χ0n) is 16.6. The Morgan fingerprint density at radius 3 is 1.76 bits per heavy atom. The number of piperidine rings is 1. The van der Waals surface area contributed by atoms with Crippen molar-refractivity contribution >= 4 is 11.6 Å². The molecule has 0 radical (unpaired) electrons. The standard InChI is InChI=1S/C26H27ClFN/c27-24-13-11-23(12-14-24)26(21-7-3-1-4-8-21,22-9-5-2-6-10-22)16-15-25(28)17-19-29-20-18-25/h1-14,29H,15-20H2. The first-order valence-corrected chi connectivity index (χ1v) is 10.8. The molecule has 1 saturated heterocycles. The summed E-state index contributed by atoms with van der Waals surface area (Å²) in [6.45, 7) is 1.50. The highest BCUT2D eigenvalue weighted by Gasteiger charge is 2.40. The van der Waals surface area contributed by atoms with Crippen molar-refractivity contribution in [3.8, 4) is 0 Å². The van der Waals surface area contributed by atoms with Gasteiger partial charge in [-0.1, -0.05) is 84.4 Å². The van der Waals surface area contributed by atoms with Crippen LogP contribution in [0.3, 0.4) is 0 Å². The number of hydrogen-bond donors (Lipinski definition) is 1. The molecule has 3 heteroatoms. The molecule has 3 aromatic carbocycles. The Kier molecular flexibility index (Phi) is 6.03. The van der Waals surface area contributed by atoms with Gasteiger partial charge < -0.3 is 5.32 Å². The van der Waals surface area contributed by atoms with E-state index in [0.717, 1.165) is 18.7 Å². The summed E-state index contributed by atoms with van der Waals surface area (Å²) in [5.74, 6) is 0. The minimum Gasteiger partial charge on any atom is -0.316 e. The lowest BCUT2D eigenvalue weighted by atomic mass is 9.65. The summed E-state index contributed by atoms with van der Waals surface area (Å²) < 4.78 is 15.7. The first kappa shape index (κ1) is 20.1. The van der Waals surface area contributed by atoms with E-state index in [1.807, 2.05) is 24.3 Å². The van der Waals surface area contributed by atoms with Gasteiger partial charge in [-0.25, -0.2) is 4.39 Å². The van der Waals surface area contributed by atoms with Crippen LogP contribution in [0, 0.1) is 0 Å². The second kappa shape index (κ2) is 8.69. The lowest BCUT2D eigenvalue weighted by molar-refractivity contribution is 0.0971. The van der Waals surface area contributed by atoms with Crippen LogP contribution < -0.4 is 5.32 Å². The van der Waals surface area contributed by atoms with E-state index in [-0.39, 0.29) is 0 Å². The maximum atomic E-state index is 15.7. The fourth-order valence-electron chi connectivity index (χ4n) is 4.65. The third kappa shape index (κ3) is 4.24. The van der Waals surface area contributed by atoms with E-state index in [1.165, 1.54) is 11.1 Å². The number of benzene rings is 3. The van der Waals surface area contributed by atoms with Crippen molar-refractivity contribution in [1.29, 1.82) is 0 Å². The van der Waals surface area contributed by atoms with Crippen LogP contribution in [0.4, 0.5) is 4.39 Å². The van der Waals surface area contributed by atoms with Crippen molar-refractivity contribution in [2.24, 2.45) is 0 Å². The fraction of sp³-hybridized carbons (Fsp3) is 0.308. The van der Waals surface area contributed by atoms with Crippen molar-refractivity contribution in [2.75, 3.05) is 13.1 Å². The highest BCUT2D eigenvalue weighted by atomic mass is 35.5. The second-order valence-corrected chi connectivity index (χ2v) is 8.48. The summed E-state index contributed by atoms with van der Waals surface area (Å²) in [5.41, 5.74) is 1.98. The summed E-state index contributed by atoms with van der Waals surface area (Å²) in [5, 5.41) is 4.00. The number of halogens is 2. The van der Waals surface area contributed by atoms with Crippen LogP contribution in [-0.4, -0.2) is 18.8 Å². The molecule has 1 heterocycles. The van der Waals surface area contributed by atoms with Crippen molar-refractivity contribution in [1.82, 2.24) is 5.32 Å². The van der Waals surface area contributed by atoms with E-state index >= 15 is 4.39 Å². The monoisotopic (exact) mass is 407 g/mol. The van der Waals surface area contributed by atoms with Crippen LogP contribution in [0.2, 0.25) is 5.02 Å². The number of nitrogens with one attached hydrogen (secondary N) is 1. The first-order valence-electron chi connectivity index (χ1n) is 10.4. The Morgan fingerprint density at radius 2 is 1.24 bits per heavy atom. The van der Waals surface area contributed by atoms with Crippen LogP contribution in [0.15, 0.2) is 84.9 Å². The molecule has 0 aliphatic carbocycles. The molecule has 0 unspecified atom stereocenters. The van der Waals surface area contributed by atoms with Gasteiger partial charge in [-0.15, -0.1) is 0 Å². The summed E-state index contributed by atoms with van der Waals surface area (Å²) in [4.78, 5) is 0. The molecule has 0 amide bonds. The molecule has 4 rings (SSSR count). The number of alkyl halides is 1. The smallest absolute Gasteiger partial charge is 0.113 e. The molecule has 1 nitrogen and oxygen atoms in total. The molecule has 1 aliphatic rings. The molecule has 1 N–H and O–H groups in total. The van der Waals surface area contributed by atoms with Gasteiger partial charge in [0.05, 0.1) is 0 Å². The van der Waals surface area contributed by atoms with Gasteiger partial charge in [0.15, 0.2) is 0 Å². The average molecular weight is 408 g/mol. The third-order valence-electron chi connectivity index (χ3n) is 6.32. The van der Waals surface area contributed by atoms with Crippen molar-refractivity contribution in [3.05, 3.63) is 107 Å². The fourth-order valence-corrected chi connectivity index (χ4v) is 4.78. The molecule has 29 heavy (non-hydrogen) atoms. The predicted octanol–water partition coefficient (Wildman–Crippen LogP) is 6.55. The minimum absolute atomic E-state index is 0.420. The zero-order valence-corrected chi connectivity index (χ0v) is 17.3. The van der Waals surface area contributed by atoms with Gasteiger partial charge >= 0.3 is 0 Å². The Bertz CT molecular complexity index is 863. The molecular weight excluding hydrogens is 381 g/mol. The lowest BCUT2D eigenvalue weighted by Gasteiger charge is -2.39. The van der Waals surface area contributed by atoms with E-state index in [1.54, 1.807) is 0 Å². The molecule has 1 fully saturated rings. The first-order chi connectivity index (χ1) is 14.1. The number of hydrogen-bond acceptors (Lipinski definition) is 1. The Morgan fingerprint density at radius 1 is 0.759 bits per heavy atom. The van der Waals surface area contributed by atoms with Crippen LogP contribution in [0.1, 0.15) is 42.4 Å². The predicted molar refractivity (Wildman–Crippen MR) is 119 cm³/mol. The summed E-state index contributed by atoms with van der Waals surface area (Å²) >= 11 is 6.21. The molecule has 0 spiro atoms. The Balaban J connectivity index is 1.84. The summed E-state index contributed by atoms with van der Waals surface area (Å²) in [6, 6.07) is 29.0. The van der Waals surface area contributed by atoms with Crippen LogP contribution in [0.5, 0.6) is 0 Å². The molecule has 0 saturated carbocycles. The van der Waals surface area contributed by atoms with Gasteiger partial charge in [-0.05, 0) is 67.6 Å². The van der Waals surface area contributed by atoms with Crippen LogP contribution >= 0.6 is 11.6 Å². The van der Waals surface area contributed by atoms with E-state index in [2.05, 4.69) is 66.0 Å². The SMILES string of the molecule is FC1(CCC(c2ccccc2)(c2ccccc2)c2ccc(Cl)cc2)CCNCC1. The maximum Gasteiger partial charge on any atom is 0.113 e. The minimum atomic E-state index is -1.12. The molecular formula is C26H27ClFN. The van der Waals surface area contributed by atoms with Crippen molar-refractivity contribution < 1.29 is 4.39 Å². The second-order valence-electron chi connectivity index (χ2n) is 8.05. The molecule has 3 aromatic rings. The highest BCUT2D eigenvalue weighted by molar-refractivity contribution is 6.30. The molecule has 150 valence electrons. The quantitative estimate of drug-likeness (QED) is 0.457. The summed E-state index contributed by atoms with van der Waals surface area (Å²) in [7, 11) is 0. The zero-order chi connectivity index (χ0) is 20.2. The molecule has 0 aromatic heterocycles. The van der Waals surface area contributed by atoms with Gasteiger partial charge in [-0.2, -0.15) is 0 Å². The van der Waals surface area contributed by atoms with Gasteiger partial charge in [-0.3, -0.25) is 0 Å². The van der Waals surface area contributed by atoms with Gasteiger partial charge in [0.1, 0.15) is 5.67 Å². The Hall–Kier alpha value is -2.16. The van der Waals surface area contributed by atoms with Crippen molar-refractivity contribution in [3.63, 3.8) is 0 Å². The number of rotatable bonds is 6. The Labute approximate surface area is 177 Å². The highest BCUT2D eigenvalue weighted by Crippen LogP contribution is 2.45. The molecule has 0 atom stereocenters. The van der Waals surface area contributed by atoms with Gasteiger partial charge in [0, 0.05) is 10.4 Å². The van der Waals surface area contributed by atoms with Crippen LogP contribution in [0.25, 0.3) is 0 Å². The van der Waals surface area contributed by atoms with Gasteiger partial charge in [0.25, 0.3) is 0 Å². The van der Waals surface area contributed by atoms with Crippen LogP contribution in [-0.2, 0) is 5.41 Å². The van der Waals surface area contributed by atoms with Gasteiger partial charge in [0.2, 0.25) is 0 Å². The summed E-state index contributed by atoms with van der Waals surface area (Å²) in [6.07, 6.45) is 2.39. The van der Waals surface area contributed by atoms with E-state index in [9.17, 15) is 0 Å². The third-order valence-corrected chi connectivity index (χ3v) is 6.57. The normalized spacial score (nSPS) is 16.5. The average Bonchev–Trinajstić information content (AvgIpc) is 2.77. The molecule has 0 bridgehead atoms. The van der Waals surface area contributed by atoms with E-state index in [0.29, 0.717) is 30.7 Å². The lowest BCUT2D eigenvalue weighted by Crippen LogP contribution is -2.40. The van der Waals surface area contributed by atoms with Crippen molar-refractivity contribution in [2.45, 2.75) is 36.8 Å². The maximum absolute atomic E-state index is 15.7. The topological polar surface area (TPSA) is 12.0 Å². The largest absolute Gasteiger partial charge is 0.316 e. The van der Waals surface area contributed by atoms with E-state index < -0.39 is 11.1 Å². The molecule has 1 aliphatic heterocycles. The van der Waals surface area contributed by atoms with E-state index in [4.69, 9.17) is 11.6 Å².